The Morgan fingerprint density at radius 3 is 2.83 bits per heavy atom. The maximum atomic E-state index is 11.9. The summed E-state index contributed by atoms with van der Waals surface area (Å²) in [5.41, 5.74) is 1.02. The Hall–Kier alpha value is -1.00. The van der Waals surface area contributed by atoms with Gasteiger partial charge in [0.25, 0.3) is 0 Å². The summed E-state index contributed by atoms with van der Waals surface area (Å²) in [6, 6.07) is 7.94. The van der Waals surface area contributed by atoms with Crippen LogP contribution >= 0.6 is 12.6 Å². The molecular formula is C14H19NO2S. The molecule has 1 heterocycles. The van der Waals surface area contributed by atoms with E-state index in [9.17, 15) is 4.79 Å². The average molecular weight is 265 g/mol. The predicted molar refractivity (Wildman–Crippen MR) is 74.0 cm³/mol. The molecule has 0 aromatic heterocycles. The Balaban J connectivity index is 1.83. The first-order valence-electron chi connectivity index (χ1n) is 6.32. The van der Waals surface area contributed by atoms with Crippen LogP contribution in [0.25, 0.3) is 0 Å². The first kappa shape index (κ1) is 13.4. The molecule has 2 atom stereocenters. The van der Waals surface area contributed by atoms with Gasteiger partial charge in [-0.05, 0) is 37.5 Å². The van der Waals surface area contributed by atoms with Crippen molar-refractivity contribution in [2.75, 3.05) is 6.61 Å². The van der Waals surface area contributed by atoms with E-state index in [1.54, 1.807) is 0 Å². The minimum absolute atomic E-state index is 0.0843. The number of hydrogen-bond acceptors (Lipinski definition) is 3. The maximum Gasteiger partial charge on any atom is 0.224 e. The molecule has 3 nitrogen and oxygen atoms in total. The fourth-order valence-corrected chi connectivity index (χ4v) is 2.36. The van der Waals surface area contributed by atoms with Crippen molar-refractivity contribution in [2.24, 2.45) is 0 Å². The number of nitrogens with one attached hydrogen (secondary N) is 1. The first-order chi connectivity index (χ1) is 8.63. The summed E-state index contributed by atoms with van der Waals surface area (Å²) in [5.74, 6) is 0.0843. The Morgan fingerprint density at radius 2 is 2.17 bits per heavy atom. The summed E-state index contributed by atoms with van der Waals surface area (Å²) >= 11 is 4.22. The third-order valence-corrected chi connectivity index (χ3v) is 3.45. The van der Waals surface area contributed by atoms with Crippen LogP contribution in [0.2, 0.25) is 0 Å². The molecule has 98 valence electrons. The average Bonchev–Trinajstić information content (AvgIpc) is 2.32. The number of hydrogen-bond donors (Lipinski definition) is 2. The molecule has 0 spiro atoms. The van der Waals surface area contributed by atoms with E-state index in [2.05, 4.69) is 17.9 Å². The molecular weight excluding hydrogens is 246 g/mol. The van der Waals surface area contributed by atoms with Gasteiger partial charge in [0.05, 0.1) is 12.5 Å². The molecule has 0 bridgehead atoms. The number of benzene rings is 1. The fraction of sp³-hybridized carbons (Fsp3) is 0.500. The lowest BCUT2D eigenvalue weighted by molar-refractivity contribution is -0.122. The summed E-state index contributed by atoms with van der Waals surface area (Å²) in [5, 5.41) is 3.07. The molecule has 1 aliphatic rings. The minimum atomic E-state index is 0.0843. The Labute approximate surface area is 113 Å². The molecule has 18 heavy (non-hydrogen) atoms. The largest absolute Gasteiger partial charge is 0.378 e. The van der Waals surface area contributed by atoms with Gasteiger partial charge >= 0.3 is 0 Å². The van der Waals surface area contributed by atoms with Gasteiger partial charge in [0.15, 0.2) is 0 Å². The van der Waals surface area contributed by atoms with Gasteiger partial charge in [0.1, 0.15) is 0 Å². The van der Waals surface area contributed by atoms with Crippen LogP contribution in [0, 0.1) is 0 Å². The molecule has 1 aromatic rings. The zero-order chi connectivity index (χ0) is 13.0. The quantitative estimate of drug-likeness (QED) is 0.822. The summed E-state index contributed by atoms with van der Waals surface area (Å²) in [6.07, 6.45) is 2.49. The van der Waals surface area contributed by atoms with Gasteiger partial charge in [-0.2, -0.15) is 0 Å². The molecule has 1 aliphatic heterocycles. The van der Waals surface area contributed by atoms with Crippen molar-refractivity contribution in [1.82, 2.24) is 5.32 Å². The van der Waals surface area contributed by atoms with Crippen molar-refractivity contribution < 1.29 is 9.53 Å². The topological polar surface area (TPSA) is 38.3 Å². The van der Waals surface area contributed by atoms with Crippen molar-refractivity contribution in [3.63, 3.8) is 0 Å². The van der Waals surface area contributed by atoms with E-state index in [0.29, 0.717) is 6.42 Å². The molecule has 1 saturated heterocycles. The molecule has 4 heteroatoms. The van der Waals surface area contributed by atoms with Crippen molar-refractivity contribution >= 4 is 18.5 Å². The Kier molecular flexibility index (Phi) is 4.66. The van der Waals surface area contributed by atoms with E-state index in [1.807, 2.05) is 31.2 Å². The van der Waals surface area contributed by atoms with Crippen LogP contribution < -0.4 is 5.32 Å². The minimum Gasteiger partial charge on any atom is -0.378 e. The smallest absolute Gasteiger partial charge is 0.224 e. The Bertz CT molecular complexity index is 405. The summed E-state index contributed by atoms with van der Waals surface area (Å²) in [6.45, 7) is 2.78. The van der Waals surface area contributed by atoms with Gasteiger partial charge in [-0.3, -0.25) is 4.79 Å². The second-order valence-corrected chi connectivity index (χ2v) is 5.33. The molecule has 2 unspecified atom stereocenters. The van der Waals surface area contributed by atoms with E-state index < -0.39 is 0 Å². The maximum absolute atomic E-state index is 11.9. The first-order valence-corrected chi connectivity index (χ1v) is 6.77. The van der Waals surface area contributed by atoms with Crippen LogP contribution in [0.3, 0.4) is 0 Å². The van der Waals surface area contributed by atoms with Crippen LogP contribution in [0.15, 0.2) is 29.2 Å². The lowest BCUT2D eigenvalue weighted by Crippen LogP contribution is -2.41. The molecule has 0 radical (unpaired) electrons. The standard InChI is InChI=1S/C14H19NO2S/c1-10-8-12(6-7-17-10)15-14(16)9-11-2-4-13(18)5-3-11/h2-5,10,12,18H,6-9H2,1H3,(H,15,16). The molecule has 1 aromatic carbocycles. The molecule has 1 N–H and O–H groups in total. The van der Waals surface area contributed by atoms with Crippen molar-refractivity contribution in [3.05, 3.63) is 29.8 Å². The van der Waals surface area contributed by atoms with Crippen LogP contribution in [0.4, 0.5) is 0 Å². The van der Waals surface area contributed by atoms with Gasteiger partial charge in [0, 0.05) is 17.5 Å². The van der Waals surface area contributed by atoms with E-state index in [4.69, 9.17) is 4.74 Å². The van der Waals surface area contributed by atoms with Gasteiger partial charge < -0.3 is 10.1 Å². The molecule has 1 fully saturated rings. The van der Waals surface area contributed by atoms with Gasteiger partial charge in [-0.25, -0.2) is 0 Å². The number of thiol groups is 1. The monoisotopic (exact) mass is 265 g/mol. The third-order valence-electron chi connectivity index (χ3n) is 3.15. The predicted octanol–water partition coefficient (Wildman–Crippen LogP) is 2.20. The number of amides is 1. The summed E-state index contributed by atoms with van der Waals surface area (Å²) in [7, 11) is 0. The van der Waals surface area contributed by atoms with Crippen molar-refractivity contribution in [3.8, 4) is 0 Å². The highest BCUT2D eigenvalue weighted by atomic mass is 32.1. The third kappa shape index (κ3) is 4.03. The lowest BCUT2D eigenvalue weighted by Gasteiger charge is -2.27. The molecule has 0 saturated carbocycles. The van der Waals surface area contributed by atoms with Gasteiger partial charge in [-0.1, -0.05) is 12.1 Å². The second kappa shape index (κ2) is 6.25. The van der Waals surface area contributed by atoms with E-state index in [-0.39, 0.29) is 18.1 Å². The molecule has 2 rings (SSSR count). The normalized spacial score (nSPS) is 23.7. The van der Waals surface area contributed by atoms with E-state index >= 15 is 0 Å². The zero-order valence-electron chi connectivity index (χ0n) is 10.6. The van der Waals surface area contributed by atoms with E-state index in [0.717, 1.165) is 29.9 Å². The number of ether oxygens (including phenoxy) is 1. The van der Waals surface area contributed by atoms with Gasteiger partial charge in [-0.15, -0.1) is 12.6 Å². The van der Waals surface area contributed by atoms with Crippen LogP contribution in [-0.4, -0.2) is 24.7 Å². The summed E-state index contributed by atoms with van der Waals surface area (Å²) in [4.78, 5) is 12.8. The highest BCUT2D eigenvalue weighted by molar-refractivity contribution is 7.80. The number of rotatable bonds is 3. The van der Waals surface area contributed by atoms with Crippen molar-refractivity contribution in [2.45, 2.75) is 43.2 Å². The zero-order valence-corrected chi connectivity index (χ0v) is 11.5. The fourth-order valence-electron chi connectivity index (χ4n) is 2.21. The number of carbonyl (C=O) groups is 1. The second-order valence-electron chi connectivity index (χ2n) is 4.81. The van der Waals surface area contributed by atoms with Crippen LogP contribution in [0.1, 0.15) is 25.3 Å². The highest BCUT2D eigenvalue weighted by Crippen LogP contribution is 2.13. The summed E-state index contributed by atoms with van der Waals surface area (Å²) < 4.78 is 5.46. The Morgan fingerprint density at radius 1 is 1.44 bits per heavy atom. The molecule has 0 aliphatic carbocycles. The molecule has 1 amide bonds. The lowest BCUT2D eigenvalue weighted by atomic mass is 10.0. The van der Waals surface area contributed by atoms with Gasteiger partial charge in [0.2, 0.25) is 5.91 Å². The number of carbonyl (C=O) groups excluding carboxylic acids is 1. The van der Waals surface area contributed by atoms with Crippen LogP contribution in [-0.2, 0) is 16.0 Å². The van der Waals surface area contributed by atoms with E-state index in [1.165, 1.54) is 0 Å². The highest BCUT2D eigenvalue weighted by Gasteiger charge is 2.20. The SMILES string of the molecule is CC1CC(NC(=O)Cc2ccc(S)cc2)CCO1. The van der Waals surface area contributed by atoms with Crippen LogP contribution in [0.5, 0.6) is 0 Å². The van der Waals surface area contributed by atoms with Crippen molar-refractivity contribution in [1.29, 1.82) is 0 Å².